The van der Waals surface area contributed by atoms with Crippen molar-refractivity contribution in [2.75, 3.05) is 7.05 Å². The predicted molar refractivity (Wildman–Crippen MR) is 81.3 cm³/mol. The van der Waals surface area contributed by atoms with Crippen molar-refractivity contribution in [3.8, 4) is 0 Å². The quantitative estimate of drug-likeness (QED) is 0.871. The van der Waals surface area contributed by atoms with Crippen LogP contribution in [0, 0.1) is 12.8 Å². The molecule has 2 rings (SSSR count). The molecule has 3 atom stereocenters. The van der Waals surface area contributed by atoms with Crippen molar-refractivity contribution >= 4 is 11.8 Å². The zero-order valence-electron chi connectivity index (χ0n) is 11.8. The standard InChI is InChI=1S/C16H25NS/c1-4-13-9-10-14(17-3)16(11-13)18-15-8-6-5-7-12(15)2/h5-8,13-14,16-17H,4,9-11H2,1-3H3. The summed E-state index contributed by atoms with van der Waals surface area (Å²) in [4.78, 5) is 1.46. The Morgan fingerprint density at radius 1 is 1.28 bits per heavy atom. The van der Waals surface area contributed by atoms with Crippen LogP contribution in [0.3, 0.4) is 0 Å². The van der Waals surface area contributed by atoms with Crippen molar-refractivity contribution in [2.24, 2.45) is 5.92 Å². The maximum absolute atomic E-state index is 3.52. The number of hydrogen-bond donors (Lipinski definition) is 1. The summed E-state index contributed by atoms with van der Waals surface area (Å²) >= 11 is 2.08. The molecule has 18 heavy (non-hydrogen) atoms. The normalized spacial score (nSPS) is 28.3. The Morgan fingerprint density at radius 2 is 2.06 bits per heavy atom. The van der Waals surface area contributed by atoms with Gasteiger partial charge in [0.25, 0.3) is 0 Å². The fourth-order valence-corrected chi connectivity index (χ4v) is 4.44. The molecule has 1 saturated carbocycles. The fourth-order valence-electron chi connectivity index (χ4n) is 2.89. The van der Waals surface area contributed by atoms with Crippen LogP contribution < -0.4 is 5.32 Å². The van der Waals surface area contributed by atoms with Crippen LogP contribution in [0.2, 0.25) is 0 Å². The summed E-state index contributed by atoms with van der Waals surface area (Å²) in [6.45, 7) is 4.55. The second-order valence-electron chi connectivity index (χ2n) is 5.40. The zero-order valence-corrected chi connectivity index (χ0v) is 12.6. The van der Waals surface area contributed by atoms with Crippen LogP contribution in [-0.2, 0) is 0 Å². The predicted octanol–water partition coefficient (Wildman–Crippen LogP) is 4.25. The van der Waals surface area contributed by atoms with E-state index in [2.05, 4.69) is 62.2 Å². The van der Waals surface area contributed by atoms with Gasteiger partial charge < -0.3 is 5.32 Å². The average molecular weight is 263 g/mol. The van der Waals surface area contributed by atoms with Gasteiger partial charge >= 0.3 is 0 Å². The highest BCUT2D eigenvalue weighted by molar-refractivity contribution is 8.00. The Hall–Kier alpha value is -0.470. The van der Waals surface area contributed by atoms with Crippen LogP contribution in [-0.4, -0.2) is 18.3 Å². The van der Waals surface area contributed by atoms with Crippen LogP contribution in [0.25, 0.3) is 0 Å². The maximum atomic E-state index is 3.52. The Labute approximate surface area is 116 Å². The number of aryl methyl sites for hydroxylation is 1. The third-order valence-electron chi connectivity index (χ3n) is 4.22. The van der Waals surface area contributed by atoms with Gasteiger partial charge in [-0.2, -0.15) is 0 Å². The molecule has 0 aromatic heterocycles. The molecule has 0 spiro atoms. The van der Waals surface area contributed by atoms with Gasteiger partial charge in [-0.3, -0.25) is 0 Å². The van der Waals surface area contributed by atoms with Gasteiger partial charge in [0.15, 0.2) is 0 Å². The van der Waals surface area contributed by atoms with Gasteiger partial charge in [-0.25, -0.2) is 0 Å². The number of nitrogens with one attached hydrogen (secondary N) is 1. The molecule has 0 radical (unpaired) electrons. The van der Waals surface area contributed by atoms with E-state index in [-0.39, 0.29) is 0 Å². The minimum absolute atomic E-state index is 0.678. The molecule has 0 amide bonds. The van der Waals surface area contributed by atoms with Gasteiger partial charge in [-0.1, -0.05) is 31.5 Å². The van der Waals surface area contributed by atoms with Crippen molar-refractivity contribution < 1.29 is 0 Å². The monoisotopic (exact) mass is 263 g/mol. The highest BCUT2D eigenvalue weighted by atomic mass is 32.2. The topological polar surface area (TPSA) is 12.0 Å². The van der Waals surface area contributed by atoms with Crippen LogP contribution in [0.1, 0.15) is 38.2 Å². The van der Waals surface area contributed by atoms with E-state index < -0.39 is 0 Å². The lowest BCUT2D eigenvalue weighted by molar-refractivity contribution is 0.304. The van der Waals surface area contributed by atoms with Crippen LogP contribution in [0.5, 0.6) is 0 Å². The van der Waals surface area contributed by atoms with Crippen LogP contribution in [0.15, 0.2) is 29.2 Å². The van der Waals surface area contributed by atoms with E-state index >= 15 is 0 Å². The molecule has 3 unspecified atom stereocenters. The first-order valence-corrected chi connectivity index (χ1v) is 8.02. The summed E-state index contributed by atoms with van der Waals surface area (Å²) in [6, 6.07) is 9.45. The average Bonchev–Trinajstić information content (AvgIpc) is 2.41. The molecule has 100 valence electrons. The summed E-state index contributed by atoms with van der Waals surface area (Å²) in [7, 11) is 2.11. The van der Waals surface area contributed by atoms with E-state index in [1.165, 1.54) is 36.1 Å². The van der Waals surface area contributed by atoms with E-state index in [1.807, 2.05) is 0 Å². The van der Waals surface area contributed by atoms with E-state index in [4.69, 9.17) is 0 Å². The first kappa shape index (κ1) is 14.0. The molecular formula is C16H25NS. The first-order chi connectivity index (χ1) is 8.74. The summed E-state index contributed by atoms with van der Waals surface area (Å²) in [5.41, 5.74) is 1.41. The molecule has 1 aromatic rings. The van der Waals surface area contributed by atoms with Gasteiger partial charge in [0, 0.05) is 16.2 Å². The summed E-state index contributed by atoms with van der Waals surface area (Å²) in [5.74, 6) is 0.927. The molecule has 0 aliphatic heterocycles. The van der Waals surface area contributed by atoms with Gasteiger partial charge in [0.1, 0.15) is 0 Å². The summed E-state index contributed by atoms with van der Waals surface area (Å²) < 4.78 is 0. The SMILES string of the molecule is CCC1CCC(NC)C(Sc2ccccc2C)C1. The number of hydrogen-bond acceptors (Lipinski definition) is 2. The minimum Gasteiger partial charge on any atom is -0.316 e. The van der Waals surface area contributed by atoms with Gasteiger partial charge in [0.05, 0.1) is 0 Å². The molecule has 2 heteroatoms. The van der Waals surface area contributed by atoms with Gasteiger partial charge in [-0.15, -0.1) is 11.8 Å². The Morgan fingerprint density at radius 3 is 2.72 bits per heavy atom. The van der Waals surface area contributed by atoms with E-state index in [9.17, 15) is 0 Å². The molecule has 0 bridgehead atoms. The number of benzene rings is 1. The van der Waals surface area contributed by atoms with Crippen molar-refractivity contribution in [1.82, 2.24) is 5.32 Å². The first-order valence-electron chi connectivity index (χ1n) is 7.14. The van der Waals surface area contributed by atoms with Crippen molar-refractivity contribution in [1.29, 1.82) is 0 Å². The summed E-state index contributed by atoms with van der Waals surface area (Å²) in [6.07, 6.45) is 5.42. The molecule has 1 aromatic carbocycles. The van der Waals surface area contributed by atoms with Crippen LogP contribution in [0.4, 0.5) is 0 Å². The largest absolute Gasteiger partial charge is 0.316 e. The van der Waals surface area contributed by atoms with Crippen LogP contribution >= 0.6 is 11.8 Å². The maximum Gasteiger partial charge on any atom is 0.0251 e. The highest BCUT2D eigenvalue weighted by Gasteiger charge is 2.29. The lowest BCUT2D eigenvalue weighted by atomic mass is 9.84. The molecule has 1 fully saturated rings. The minimum atomic E-state index is 0.678. The summed E-state index contributed by atoms with van der Waals surface area (Å²) in [5, 5.41) is 4.25. The van der Waals surface area contributed by atoms with Gasteiger partial charge in [-0.05, 0) is 50.8 Å². The Balaban J connectivity index is 2.07. The lowest BCUT2D eigenvalue weighted by Gasteiger charge is -2.35. The van der Waals surface area contributed by atoms with Crippen molar-refractivity contribution in [3.05, 3.63) is 29.8 Å². The number of rotatable bonds is 4. The van der Waals surface area contributed by atoms with E-state index in [0.717, 1.165) is 11.2 Å². The molecular weight excluding hydrogens is 238 g/mol. The smallest absolute Gasteiger partial charge is 0.0251 e. The second kappa shape index (κ2) is 6.63. The fraction of sp³-hybridized carbons (Fsp3) is 0.625. The van der Waals surface area contributed by atoms with E-state index in [0.29, 0.717) is 6.04 Å². The molecule has 1 N–H and O–H groups in total. The third kappa shape index (κ3) is 3.30. The molecule has 1 aliphatic carbocycles. The third-order valence-corrected chi connectivity index (χ3v) is 5.76. The van der Waals surface area contributed by atoms with Crippen molar-refractivity contribution in [2.45, 2.75) is 55.7 Å². The molecule has 0 heterocycles. The van der Waals surface area contributed by atoms with E-state index in [1.54, 1.807) is 0 Å². The molecule has 1 nitrogen and oxygen atoms in total. The number of thioether (sulfide) groups is 1. The Kier molecular flexibility index (Phi) is 5.13. The zero-order chi connectivity index (χ0) is 13.0. The molecule has 1 aliphatic rings. The van der Waals surface area contributed by atoms with Crippen molar-refractivity contribution in [3.63, 3.8) is 0 Å². The second-order valence-corrected chi connectivity index (χ2v) is 6.69. The van der Waals surface area contributed by atoms with Gasteiger partial charge in [0.2, 0.25) is 0 Å². The highest BCUT2D eigenvalue weighted by Crippen LogP contribution is 2.38. The molecule has 0 saturated heterocycles. The Bertz CT molecular complexity index is 377. The lowest BCUT2D eigenvalue weighted by Crippen LogP contribution is -2.40.